The zero-order chi connectivity index (χ0) is 20.3. The van der Waals surface area contributed by atoms with Crippen molar-refractivity contribution in [3.8, 4) is 0 Å². The molecule has 0 bridgehead atoms. The lowest BCUT2D eigenvalue weighted by Crippen LogP contribution is -2.50. The molecule has 1 atom stereocenters. The summed E-state index contributed by atoms with van der Waals surface area (Å²) in [5.74, 6) is 0.854. The molecule has 0 aliphatic heterocycles. The summed E-state index contributed by atoms with van der Waals surface area (Å²) in [6.07, 6.45) is 4.59. The van der Waals surface area contributed by atoms with E-state index in [1.165, 1.54) is 36.1 Å². The average molecular weight is 530 g/mol. The lowest BCUT2D eigenvalue weighted by molar-refractivity contribution is 0.243. The maximum Gasteiger partial charge on any atom is 0.191 e. The fraction of sp³-hybridized carbons (Fsp3) is 0.545. The lowest BCUT2D eigenvalue weighted by Gasteiger charge is -2.43. The summed E-state index contributed by atoms with van der Waals surface area (Å²) in [7, 11) is 3.83. The molecule has 160 valence electrons. The molecule has 2 N–H and O–H groups in total. The minimum absolute atomic E-state index is 0. The van der Waals surface area contributed by atoms with Gasteiger partial charge in [0, 0.05) is 42.8 Å². The van der Waals surface area contributed by atoms with E-state index < -0.39 is 0 Å². The Balaban J connectivity index is 0.00000300. The number of nitrogens with zero attached hydrogens (tertiary/aromatic N) is 3. The van der Waals surface area contributed by atoms with Gasteiger partial charge in [-0.15, -0.1) is 24.0 Å². The molecule has 1 aromatic carbocycles. The first kappa shape index (κ1) is 24.0. The van der Waals surface area contributed by atoms with Crippen molar-refractivity contribution < 1.29 is 0 Å². The van der Waals surface area contributed by atoms with Crippen LogP contribution in [0.15, 0.2) is 29.3 Å². The average Bonchev–Trinajstić information content (AvgIpc) is 2.87. The Hall–Kier alpha value is -1.28. The van der Waals surface area contributed by atoms with E-state index in [-0.39, 0.29) is 35.4 Å². The van der Waals surface area contributed by atoms with Gasteiger partial charge in [0.05, 0.1) is 5.69 Å². The first-order valence-electron chi connectivity index (χ1n) is 10.1. The molecule has 1 saturated carbocycles. The summed E-state index contributed by atoms with van der Waals surface area (Å²) in [6.45, 7) is 7.28. The van der Waals surface area contributed by atoms with Crippen molar-refractivity contribution in [3.05, 3.63) is 51.8 Å². The molecule has 1 heterocycles. The predicted octanol–water partition coefficient (Wildman–Crippen LogP) is 4.53. The highest BCUT2D eigenvalue weighted by Crippen LogP contribution is 2.43. The number of aliphatic imine (C=N–C) groups is 1. The molecule has 1 unspecified atom stereocenters. The Labute approximate surface area is 196 Å². The first-order chi connectivity index (χ1) is 13.3. The SMILES string of the molecule is CN=C(NCC1(c2ccc(Cl)cc2)CCC1)NC(C)Cc1c(C)nn(C)c1C.I. The quantitative estimate of drug-likeness (QED) is 0.329. The largest absolute Gasteiger partial charge is 0.356 e. The van der Waals surface area contributed by atoms with Crippen molar-refractivity contribution in [1.29, 1.82) is 0 Å². The number of aromatic nitrogens is 2. The van der Waals surface area contributed by atoms with E-state index in [0.29, 0.717) is 0 Å². The van der Waals surface area contributed by atoms with Gasteiger partial charge in [-0.05, 0) is 63.3 Å². The van der Waals surface area contributed by atoms with E-state index in [9.17, 15) is 0 Å². The number of nitrogens with one attached hydrogen (secondary N) is 2. The second-order valence-electron chi connectivity index (χ2n) is 8.09. The minimum atomic E-state index is 0. The Morgan fingerprint density at radius 3 is 2.41 bits per heavy atom. The topological polar surface area (TPSA) is 54.2 Å². The molecule has 0 spiro atoms. The van der Waals surface area contributed by atoms with Crippen molar-refractivity contribution in [2.75, 3.05) is 13.6 Å². The summed E-state index contributed by atoms with van der Waals surface area (Å²) >= 11 is 6.07. The Morgan fingerprint density at radius 2 is 1.93 bits per heavy atom. The number of aryl methyl sites for hydroxylation is 2. The van der Waals surface area contributed by atoms with E-state index in [0.717, 1.165) is 29.6 Å². The molecule has 29 heavy (non-hydrogen) atoms. The van der Waals surface area contributed by atoms with Crippen LogP contribution in [-0.2, 0) is 18.9 Å². The van der Waals surface area contributed by atoms with Gasteiger partial charge < -0.3 is 10.6 Å². The monoisotopic (exact) mass is 529 g/mol. The molecule has 0 saturated heterocycles. The molecule has 1 aliphatic carbocycles. The molecule has 5 nitrogen and oxygen atoms in total. The maximum atomic E-state index is 6.07. The normalized spacial score (nSPS) is 16.6. The van der Waals surface area contributed by atoms with Crippen LogP contribution in [0.4, 0.5) is 0 Å². The van der Waals surface area contributed by atoms with Crippen molar-refractivity contribution in [2.45, 2.75) is 57.9 Å². The molecule has 1 aromatic heterocycles. The standard InChI is InChI=1S/C22H32ClN5.HI/c1-15(13-20-16(2)27-28(5)17(20)3)26-21(24-4)25-14-22(11-6-12-22)18-7-9-19(23)10-8-18;/h7-10,15H,6,11-14H2,1-5H3,(H2,24,25,26);1H. The summed E-state index contributed by atoms with van der Waals surface area (Å²) in [6, 6.07) is 8.57. The van der Waals surface area contributed by atoms with Gasteiger partial charge in [-0.3, -0.25) is 9.67 Å². The molecule has 0 radical (unpaired) electrons. The van der Waals surface area contributed by atoms with Crippen molar-refractivity contribution in [1.82, 2.24) is 20.4 Å². The fourth-order valence-corrected chi connectivity index (χ4v) is 4.25. The molecule has 1 fully saturated rings. The van der Waals surface area contributed by atoms with Crippen molar-refractivity contribution in [2.24, 2.45) is 12.0 Å². The van der Waals surface area contributed by atoms with E-state index in [4.69, 9.17) is 11.6 Å². The maximum absolute atomic E-state index is 6.07. The highest BCUT2D eigenvalue weighted by Gasteiger charge is 2.38. The second kappa shape index (κ2) is 10.2. The summed E-state index contributed by atoms with van der Waals surface area (Å²) < 4.78 is 1.96. The minimum Gasteiger partial charge on any atom is -0.356 e. The highest BCUT2D eigenvalue weighted by molar-refractivity contribution is 14.0. The van der Waals surface area contributed by atoms with Gasteiger partial charge in [0.25, 0.3) is 0 Å². The molecular formula is C22H33ClIN5. The Bertz CT molecular complexity index is 840. The third-order valence-electron chi connectivity index (χ3n) is 6.14. The van der Waals surface area contributed by atoms with Crippen LogP contribution in [0.2, 0.25) is 5.02 Å². The van der Waals surface area contributed by atoms with E-state index in [1.54, 1.807) is 0 Å². The number of hydrogen-bond donors (Lipinski definition) is 2. The molecule has 0 amide bonds. The lowest BCUT2D eigenvalue weighted by atomic mass is 9.64. The highest BCUT2D eigenvalue weighted by atomic mass is 127. The van der Waals surface area contributed by atoms with Crippen molar-refractivity contribution >= 4 is 41.5 Å². The van der Waals surface area contributed by atoms with Crippen LogP contribution in [0.5, 0.6) is 0 Å². The molecule has 7 heteroatoms. The number of halogens is 2. The number of guanidine groups is 1. The van der Waals surface area contributed by atoms with Gasteiger partial charge in [-0.25, -0.2) is 0 Å². The number of hydrogen-bond acceptors (Lipinski definition) is 2. The summed E-state index contributed by atoms with van der Waals surface area (Å²) in [5, 5.41) is 12.4. The van der Waals surface area contributed by atoms with Crippen LogP contribution in [0.25, 0.3) is 0 Å². The van der Waals surface area contributed by atoms with Gasteiger partial charge in [-0.1, -0.05) is 30.2 Å². The molecule has 1 aliphatic rings. The smallest absolute Gasteiger partial charge is 0.191 e. The van der Waals surface area contributed by atoms with Gasteiger partial charge in [0.15, 0.2) is 5.96 Å². The second-order valence-corrected chi connectivity index (χ2v) is 8.53. The first-order valence-corrected chi connectivity index (χ1v) is 10.4. The van der Waals surface area contributed by atoms with Crippen LogP contribution < -0.4 is 10.6 Å². The third-order valence-corrected chi connectivity index (χ3v) is 6.39. The number of benzene rings is 1. The van der Waals surface area contributed by atoms with Crippen LogP contribution in [0.3, 0.4) is 0 Å². The van der Waals surface area contributed by atoms with E-state index in [1.807, 2.05) is 30.9 Å². The fourth-order valence-electron chi connectivity index (χ4n) is 4.13. The van der Waals surface area contributed by atoms with Crippen LogP contribution >= 0.6 is 35.6 Å². The summed E-state index contributed by atoms with van der Waals surface area (Å²) in [4.78, 5) is 4.44. The zero-order valence-electron chi connectivity index (χ0n) is 18.1. The van der Waals surface area contributed by atoms with Crippen molar-refractivity contribution in [3.63, 3.8) is 0 Å². The molecule has 2 aromatic rings. The zero-order valence-corrected chi connectivity index (χ0v) is 21.1. The Morgan fingerprint density at radius 1 is 1.28 bits per heavy atom. The van der Waals surface area contributed by atoms with Gasteiger partial charge >= 0.3 is 0 Å². The van der Waals surface area contributed by atoms with Gasteiger partial charge in [0.1, 0.15) is 0 Å². The summed E-state index contributed by atoms with van der Waals surface area (Å²) in [5.41, 5.74) is 5.19. The van der Waals surface area contributed by atoms with Crippen LogP contribution in [-0.4, -0.2) is 35.4 Å². The molecule has 3 rings (SSSR count). The van der Waals surface area contributed by atoms with Gasteiger partial charge in [-0.2, -0.15) is 5.10 Å². The van der Waals surface area contributed by atoms with Gasteiger partial charge in [0.2, 0.25) is 0 Å². The number of rotatable bonds is 6. The van der Waals surface area contributed by atoms with E-state index >= 15 is 0 Å². The van der Waals surface area contributed by atoms with E-state index in [2.05, 4.69) is 53.6 Å². The predicted molar refractivity (Wildman–Crippen MR) is 133 cm³/mol. The Kier molecular flexibility index (Phi) is 8.40. The van der Waals surface area contributed by atoms with Crippen LogP contribution in [0.1, 0.15) is 48.7 Å². The molecular weight excluding hydrogens is 497 g/mol. The van der Waals surface area contributed by atoms with Crippen LogP contribution in [0, 0.1) is 13.8 Å². The third kappa shape index (κ3) is 5.45.